The number of H-pyrrole nitrogens is 1. The summed E-state index contributed by atoms with van der Waals surface area (Å²) in [5, 5.41) is 7.10. The highest BCUT2D eigenvalue weighted by molar-refractivity contribution is 7.71. The van der Waals surface area contributed by atoms with Gasteiger partial charge >= 0.3 is 0 Å². The van der Waals surface area contributed by atoms with Gasteiger partial charge in [-0.25, -0.2) is 0 Å². The van der Waals surface area contributed by atoms with Crippen molar-refractivity contribution in [2.24, 2.45) is 5.92 Å². The number of hydrogen-bond donors (Lipinski definition) is 1. The summed E-state index contributed by atoms with van der Waals surface area (Å²) in [6, 6.07) is 5.79. The van der Waals surface area contributed by atoms with E-state index in [1.807, 2.05) is 22.8 Å². The van der Waals surface area contributed by atoms with Crippen LogP contribution >= 0.6 is 12.2 Å². The van der Waals surface area contributed by atoms with Crippen LogP contribution < -0.4 is 0 Å². The summed E-state index contributed by atoms with van der Waals surface area (Å²) in [4.78, 5) is 4.31. The van der Waals surface area contributed by atoms with Gasteiger partial charge in [-0.15, -0.1) is 0 Å². The molecule has 90 valence electrons. The Morgan fingerprint density at radius 3 is 2.94 bits per heavy atom. The van der Waals surface area contributed by atoms with Gasteiger partial charge in [0.2, 0.25) is 0 Å². The Labute approximate surface area is 106 Å². The van der Waals surface area contributed by atoms with E-state index < -0.39 is 0 Å². The number of nitrogens with one attached hydrogen (secondary N) is 1. The lowest BCUT2D eigenvalue weighted by atomic mass is 10.1. The molecule has 17 heavy (non-hydrogen) atoms. The Bertz CT molecular complexity index is 529. The lowest BCUT2D eigenvalue weighted by Crippen LogP contribution is -2.08. The fourth-order valence-corrected chi connectivity index (χ4v) is 1.83. The van der Waals surface area contributed by atoms with Crippen LogP contribution in [0.25, 0.3) is 11.5 Å². The first kappa shape index (κ1) is 12.0. The van der Waals surface area contributed by atoms with Gasteiger partial charge in [-0.3, -0.25) is 14.6 Å². The Morgan fingerprint density at radius 2 is 2.29 bits per heavy atom. The summed E-state index contributed by atoms with van der Waals surface area (Å²) in [7, 11) is 0. The highest BCUT2D eigenvalue weighted by Gasteiger charge is 2.11. The molecule has 0 radical (unpaired) electrons. The van der Waals surface area contributed by atoms with Crippen LogP contribution in [-0.2, 0) is 6.54 Å². The zero-order chi connectivity index (χ0) is 12.3. The minimum Gasteiger partial charge on any atom is -0.299 e. The number of pyridine rings is 1. The molecular formula is C12H16N4S. The van der Waals surface area contributed by atoms with E-state index in [0.29, 0.717) is 10.7 Å². The van der Waals surface area contributed by atoms with Gasteiger partial charge in [-0.2, -0.15) is 5.10 Å². The van der Waals surface area contributed by atoms with Gasteiger partial charge in [-0.05, 0) is 30.3 Å². The molecule has 2 aromatic heterocycles. The highest BCUT2D eigenvalue weighted by atomic mass is 32.1. The van der Waals surface area contributed by atoms with Crippen LogP contribution in [0.4, 0.5) is 0 Å². The smallest absolute Gasteiger partial charge is 0.195 e. The second-order valence-corrected chi connectivity index (χ2v) is 4.58. The van der Waals surface area contributed by atoms with Crippen molar-refractivity contribution in [3.05, 3.63) is 29.2 Å². The summed E-state index contributed by atoms with van der Waals surface area (Å²) >= 11 is 5.26. The molecule has 2 heterocycles. The molecular weight excluding hydrogens is 232 g/mol. The van der Waals surface area contributed by atoms with Crippen molar-refractivity contribution in [1.29, 1.82) is 0 Å². The molecule has 0 spiro atoms. The fourth-order valence-electron chi connectivity index (χ4n) is 1.62. The summed E-state index contributed by atoms with van der Waals surface area (Å²) in [5.74, 6) is 1.39. The number of rotatable bonds is 4. The van der Waals surface area contributed by atoms with E-state index in [1.54, 1.807) is 6.20 Å². The number of aromatic amines is 1. The third kappa shape index (κ3) is 2.61. The second-order valence-electron chi connectivity index (χ2n) is 4.19. The van der Waals surface area contributed by atoms with Gasteiger partial charge in [0, 0.05) is 12.7 Å². The molecule has 0 aliphatic heterocycles. The quantitative estimate of drug-likeness (QED) is 0.846. The van der Waals surface area contributed by atoms with E-state index in [2.05, 4.69) is 29.0 Å². The van der Waals surface area contributed by atoms with Crippen LogP contribution in [0.5, 0.6) is 0 Å². The van der Waals surface area contributed by atoms with Gasteiger partial charge in [0.1, 0.15) is 5.69 Å². The average Bonchev–Trinajstić information content (AvgIpc) is 2.72. The second kappa shape index (κ2) is 5.23. The van der Waals surface area contributed by atoms with Crippen molar-refractivity contribution >= 4 is 12.2 Å². The monoisotopic (exact) mass is 248 g/mol. The molecule has 5 heteroatoms. The maximum Gasteiger partial charge on any atom is 0.195 e. The first-order chi connectivity index (χ1) is 8.22. The van der Waals surface area contributed by atoms with Crippen molar-refractivity contribution in [3.63, 3.8) is 0 Å². The predicted octanol–water partition coefficient (Wildman–Crippen LogP) is 3.05. The lowest BCUT2D eigenvalue weighted by Gasteiger charge is -2.11. The zero-order valence-electron chi connectivity index (χ0n) is 10.1. The molecule has 2 aromatic rings. The van der Waals surface area contributed by atoms with E-state index in [1.165, 1.54) is 0 Å². The van der Waals surface area contributed by atoms with Crippen molar-refractivity contribution in [2.45, 2.75) is 26.8 Å². The molecule has 1 atom stereocenters. The van der Waals surface area contributed by atoms with Gasteiger partial charge in [0.25, 0.3) is 0 Å². The van der Waals surface area contributed by atoms with Gasteiger partial charge in [-0.1, -0.05) is 26.3 Å². The van der Waals surface area contributed by atoms with E-state index in [4.69, 9.17) is 12.2 Å². The maximum atomic E-state index is 5.26. The van der Waals surface area contributed by atoms with Crippen LogP contribution in [0.1, 0.15) is 20.3 Å². The van der Waals surface area contributed by atoms with E-state index in [-0.39, 0.29) is 0 Å². The Balaban J connectivity index is 2.39. The Morgan fingerprint density at radius 1 is 1.47 bits per heavy atom. The summed E-state index contributed by atoms with van der Waals surface area (Å²) in [5.41, 5.74) is 0.850. The molecule has 0 saturated heterocycles. The Hall–Kier alpha value is -1.49. The van der Waals surface area contributed by atoms with Crippen LogP contribution in [-0.4, -0.2) is 19.7 Å². The van der Waals surface area contributed by atoms with Crippen LogP contribution in [0.2, 0.25) is 0 Å². The Kier molecular flexibility index (Phi) is 3.68. The van der Waals surface area contributed by atoms with Crippen molar-refractivity contribution in [3.8, 4) is 11.5 Å². The summed E-state index contributed by atoms with van der Waals surface area (Å²) < 4.78 is 2.68. The average molecular weight is 248 g/mol. The maximum absolute atomic E-state index is 5.26. The van der Waals surface area contributed by atoms with Crippen LogP contribution in [0.15, 0.2) is 24.4 Å². The molecule has 4 nitrogen and oxygen atoms in total. The first-order valence-corrected chi connectivity index (χ1v) is 6.19. The molecule has 0 aromatic carbocycles. The van der Waals surface area contributed by atoms with E-state index in [0.717, 1.165) is 24.5 Å². The zero-order valence-corrected chi connectivity index (χ0v) is 10.9. The molecule has 1 unspecified atom stereocenters. The molecule has 0 saturated carbocycles. The number of hydrogen-bond acceptors (Lipinski definition) is 3. The largest absolute Gasteiger partial charge is 0.299 e. The summed E-state index contributed by atoms with van der Waals surface area (Å²) in [6.07, 6.45) is 2.88. The third-order valence-corrected chi connectivity index (χ3v) is 3.16. The number of aromatic nitrogens is 4. The molecule has 0 aliphatic rings. The van der Waals surface area contributed by atoms with E-state index in [9.17, 15) is 0 Å². The minimum absolute atomic E-state index is 0.571. The first-order valence-electron chi connectivity index (χ1n) is 5.79. The SMILES string of the molecule is CCC(C)Cn1c(-c2ccccn2)n[nH]c1=S. The predicted molar refractivity (Wildman–Crippen MR) is 70.1 cm³/mol. The van der Waals surface area contributed by atoms with Crippen molar-refractivity contribution in [2.75, 3.05) is 0 Å². The van der Waals surface area contributed by atoms with Crippen molar-refractivity contribution in [1.82, 2.24) is 19.7 Å². The molecule has 0 bridgehead atoms. The van der Waals surface area contributed by atoms with Crippen molar-refractivity contribution < 1.29 is 0 Å². The number of nitrogens with zero attached hydrogens (tertiary/aromatic N) is 3. The van der Waals surface area contributed by atoms with E-state index >= 15 is 0 Å². The van der Waals surface area contributed by atoms with Gasteiger partial charge < -0.3 is 0 Å². The fraction of sp³-hybridized carbons (Fsp3) is 0.417. The van der Waals surface area contributed by atoms with Crippen LogP contribution in [0, 0.1) is 10.7 Å². The van der Waals surface area contributed by atoms with Crippen LogP contribution in [0.3, 0.4) is 0 Å². The summed E-state index contributed by atoms with van der Waals surface area (Å²) in [6.45, 7) is 5.25. The third-order valence-electron chi connectivity index (χ3n) is 2.84. The minimum atomic E-state index is 0.571. The topological polar surface area (TPSA) is 46.5 Å². The molecule has 0 aliphatic carbocycles. The molecule has 0 amide bonds. The highest BCUT2D eigenvalue weighted by Crippen LogP contribution is 2.16. The molecule has 0 fully saturated rings. The van der Waals surface area contributed by atoms with Gasteiger partial charge in [0.05, 0.1) is 0 Å². The normalized spacial score (nSPS) is 12.6. The standard InChI is InChI=1S/C12H16N4S/c1-3-9(2)8-16-11(14-15-12(16)17)10-6-4-5-7-13-10/h4-7,9H,3,8H2,1-2H3,(H,15,17). The lowest BCUT2D eigenvalue weighted by molar-refractivity contribution is 0.467. The van der Waals surface area contributed by atoms with Gasteiger partial charge in [0.15, 0.2) is 10.6 Å². The molecule has 1 N–H and O–H groups in total. The molecule has 2 rings (SSSR count).